The number of fused-ring (bicyclic) bond motifs is 1. The Hall–Kier alpha value is -2.93. The number of carboxylic acid groups (broad SMARTS) is 2. The van der Waals surface area contributed by atoms with Crippen LogP contribution in [0, 0.1) is 5.92 Å². The molecule has 0 spiro atoms. The number of nitrogens with two attached hydrogens (primary N) is 1. The number of aromatic nitrogens is 3. The molecule has 2 heterocycles. The molecule has 136 valence electrons. The third-order valence-electron chi connectivity index (χ3n) is 4.53. The molecule has 7 heteroatoms. The molecule has 2 unspecified atom stereocenters. The number of nitrogens with zero attached hydrogens (tertiary/aromatic N) is 3. The van der Waals surface area contributed by atoms with Crippen molar-refractivity contribution in [1.29, 1.82) is 0 Å². The second kappa shape index (κ2) is 7.97. The molecule has 4 rings (SSSR count). The van der Waals surface area contributed by atoms with Gasteiger partial charge in [0, 0.05) is 17.5 Å². The van der Waals surface area contributed by atoms with Crippen LogP contribution in [0.2, 0.25) is 0 Å². The van der Waals surface area contributed by atoms with Gasteiger partial charge in [-0.25, -0.2) is 14.8 Å². The molecule has 4 N–H and O–H groups in total. The summed E-state index contributed by atoms with van der Waals surface area (Å²) in [6.07, 6.45) is 5.77. The van der Waals surface area contributed by atoms with Crippen molar-refractivity contribution in [1.82, 2.24) is 14.5 Å². The van der Waals surface area contributed by atoms with E-state index in [1.165, 1.54) is 18.5 Å². The third-order valence-corrected chi connectivity index (χ3v) is 4.53. The molecular weight excluding hydrogens is 332 g/mol. The van der Waals surface area contributed by atoms with Crippen LogP contribution in [0.15, 0.2) is 48.9 Å². The highest BCUT2D eigenvalue weighted by atomic mass is 16.6. The zero-order chi connectivity index (χ0) is 18.5. The molecule has 1 aromatic carbocycles. The van der Waals surface area contributed by atoms with Gasteiger partial charge in [-0.15, -0.1) is 0 Å². The number of benzene rings is 1. The van der Waals surface area contributed by atoms with Crippen LogP contribution in [0.25, 0.3) is 16.7 Å². The summed E-state index contributed by atoms with van der Waals surface area (Å²) in [6.45, 7) is 0.790. The first-order chi connectivity index (χ1) is 12.6. The first kappa shape index (κ1) is 17.9. The van der Waals surface area contributed by atoms with E-state index in [0.717, 1.165) is 35.6 Å². The van der Waals surface area contributed by atoms with Crippen molar-refractivity contribution >= 4 is 17.1 Å². The monoisotopic (exact) mass is 354 g/mol. The lowest BCUT2D eigenvalue weighted by molar-refractivity contribution is 0.137. The molecular formula is C19H22N4O3. The minimum absolute atomic E-state index is 0.619. The SMILES string of the molecule is NCCCC1CC1c1cn(-c2ccc3ccccc3n2)cn1.O=C(O)O. The van der Waals surface area contributed by atoms with Crippen molar-refractivity contribution in [2.24, 2.45) is 11.7 Å². The summed E-state index contributed by atoms with van der Waals surface area (Å²) < 4.78 is 2.03. The lowest BCUT2D eigenvalue weighted by atomic mass is 10.1. The fourth-order valence-electron chi connectivity index (χ4n) is 3.16. The second-order valence-electron chi connectivity index (χ2n) is 6.38. The molecule has 26 heavy (non-hydrogen) atoms. The van der Waals surface area contributed by atoms with Gasteiger partial charge in [-0.1, -0.05) is 18.2 Å². The predicted octanol–water partition coefficient (Wildman–Crippen LogP) is 3.49. The molecule has 3 aromatic rings. The van der Waals surface area contributed by atoms with E-state index in [0.29, 0.717) is 5.92 Å². The standard InChI is InChI=1S/C18H20N4.CH2O3/c19-9-3-5-14-10-15(14)17-11-22(12-20-17)18-8-7-13-4-1-2-6-16(13)21-18;2-1(3)4/h1-2,4,6-8,11-12,14-15H,3,5,9-10,19H2;(H2,2,3,4). The largest absolute Gasteiger partial charge is 0.503 e. The molecule has 1 aliphatic carbocycles. The van der Waals surface area contributed by atoms with Crippen LogP contribution in [0.3, 0.4) is 0 Å². The van der Waals surface area contributed by atoms with Gasteiger partial charge in [-0.3, -0.25) is 4.57 Å². The van der Waals surface area contributed by atoms with Crippen molar-refractivity contribution in [3.05, 3.63) is 54.6 Å². The van der Waals surface area contributed by atoms with Crippen LogP contribution in [0.5, 0.6) is 0 Å². The fourth-order valence-corrected chi connectivity index (χ4v) is 3.16. The highest BCUT2D eigenvalue weighted by molar-refractivity contribution is 5.79. The van der Waals surface area contributed by atoms with E-state index in [-0.39, 0.29) is 0 Å². The first-order valence-corrected chi connectivity index (χ1v) is 8.60. The summed E-state index contributed by atoms with van der Waals surface area (Å²) in [6, 6.07) is 12.3. The summed E-state index contributed by atoms with van der Waals surface area (Å²) >= 11 is 0. The molecule has 1 aliphatic rings. The topological polar surface area (TPSA) is 114 Å². The molecule has 1 fully saturated rings. The minimum Gasteiger partial charge on any atom is -0.450 e. The van der Waals surface area contributed by atoms with Gasteiger partial charge < -0.3 is 15.9 Å². The van der Waals surface area contributed by atoms with Crippen LogP contribution in [0.4, 0.5) is 4.79 Å². The molecule has 2 aromatic heterocycles. The Labute approximate surface area is 151 Å². The molecule has 0 radical (unpaired) electrons. The smallest absolute Gasteiger partial charge is 0.450 e. The number of hydrogen-bond donors (Lipinski definition) is 3. The van der Waals surface area contributed by atoms with Crippen molar-refractivity contribution in [3.63, 3.8) is 0 Å². The number of para-hydroxylation sites is 1. The van der Waals surface area contributed by atoms with Gasteiger partial charge in [0.1, 0.15) is 12.1 Å². The molecule has 0 bridgehead atoms. The Morgan fingerprint density at radius 2 is 2.00 bits per heavy atom. The Morgan fingerprint density at radius 1 is 1.23 bits per heavy atom. The van der Waals surface area contributed by atoms with Crippen molar-refractivity contribution in [2.75, 3.05) is 6.54 Å². The fraction of sp³-hybridized carbons (Fsp3) is 0.316. The van der Waals surface area contributed by atoms with E-state index in [4.69, 9.17) is 25.7 Å². The molecule has 0 aliphatic heterocycles. The molecule has 1 saturated carbocycles. The summed E-state index contributed by atoms with van der Waals surface area (Å²) in [4.78, 5) is 17.9. The van der Waals surface area contributed by atoms with Gasteiger partial charge in [0.2, 0.25) is 0 Å². The van der Waals surface area contributed by atoms with Gasteiger partial charge >= 0.3 is 6.16 Å². The van der Waals surface area contributed by atoms with Gasteiger partial charge in [0.15, 0.2) is 0 Å². The maximum atomic E-state index is 8.56. The summed E-state index contributed by atoms with van der Waals surface area (Å²) in [5.41, 5.74) is 7.79. The summed E-state index contributed by atoms with van der Waals surface area (Å²) in [5.74, 6) is 2.32. The Bertz CT molecular complexity index is 889. The predicted molar refractivity (Wildman–Crippen MR) is 98.7 cm³/mol. The van der Waals surface area contributed by atoms with E-state index in [9.17, 15) is 0 Å². The Kier molecular flexibility index (Phi) is 5.48. The lowest BCUT2D eigenvalue weighted by Gasteiger charge is -2.03. The van der Waals surface area contributed by atoms with E-state index in [1.54, 1.807) is 0 Å². The maximum Gasteiger partial charge on any atom is 0.503 e. The van der Waals surface area contributed by atoms with E-state index >= 15 is 0 Å². The number of imidazole rings is 1. The maximum absolute atomic E-state index is 8.56. The zero-order valence-corrected chi connectivity index (χ0v) is 14.3. The highest BCUT2D eigenvalue weighted by Crippen LogP contribution is 2.49. The quantitative estimate of drug-likeness (QED) is 0.646. The number of pyridine rings is 1. The van der Waals surface area contributed by atoms with Crippen molar-refractivity contribution in [3.8, 4) is 5.82 Å². The van der Waals surface area contributed by atoms with Crippen LogP contribution >= 0.6 is 0 Å². The van der Waals surface area contributed by atoms with Crippen molar-refractivity contribution in [2.45, 2.75) is 25.2 Å². The third kappa shape index (κ3) is 4.37. The van der Waals surface area contributed by atoms with Gasteiger partial charge in [-0.2, -0.15) is 0 Å². The van der Waals surface area contributed by atoms with Crippen LogP contribution in [0.1, 0.15) is 30.9 Å². The average Bonchev–Trinajstić information content (AvgIpc) is 3.24. The summed E-state index contributed by atoms with van der Waals surface area (Å²) in [7, 11) is 0. The van der Waals surface area contributed by atoms with Crippen LogP contribution < -0.4 is 5.73 Å². The molecule has 2 atom stereocenters. The number of carbonyl (C=O) groups is 1. The number of hydrogen-bond acceptors (Lipinski definition) is 4. The molecule has 7 nitrogen and oxygen atoms in total. The van der Waals surface area contributed by atoms with Crippen LogP contribution in [-0.2, 0) is 0 Å². The highest BCUT2D eigenvalue weighted by Gasteiger charge is 2.39. The molecule has 0 saturated heterocycles. The van der Waals surface area contributed by atoms with E-state index in [1.807, 2.05) is 35.2 Å². The molecule has 0 amide bonds. The normalized spacial score (nSPS) is 18.2. The minimum atomic E-state index is -1.83. The van der Waals surface area contributed by atoms with E-state index < -0.39 is 6.16 Å². The van der Waals surface area contributed by atoms with Gasteiger partial charge in [0.05, 0.1) is 11.2 Å². The second-order valence-corrected chi connectivity index (χ2v) is 6.38. The first-order valence-electron chi connectivity index (χ1n) is 8.60. The van der Waals surface area contributed by atoms with Crippen LogP contribution in [-0.4, -0.2) is 37.4 Å². The van der Waals surface area contributed by atoms with E-state index in [2.05, 4.69) is 23.3 Å². The van der Waals surface area contributed by atoms with Crippen molar-refractivity contribution < 1.29 is 15.0 Å². The lowest BCUT2D eigenvalue weighted by Crippen LogP contribution is -1.98. The Morgan fingerprint density at radius 3 is 2.77 bits per heavy atom. The zero-order valence-electron chi connectivity index (χ0n) is 14.3. The Balaban J connectivity index is 0.000000447. The van der Waals surface area contributed by atoms with Gasteiger partial charge in [0.25, 0.3) is 0 Å². The average molecular weight is 354 g/mol. The number of rotatable bonds is 5. The summed E-state index contributed by atoms with van der Waals surface area (Å²) in [5, 5.41) is 15.1. The van der Waals surface area contributed by atoms with Gasteiger partial charge in [-0.05, 0) is 49.9 Å².